The third-order valence-corrected chi connectivity index (χ3v) is 4.83. The summed E-state index contributed by atoms with van der Waals surface area (Å²) < 4.78 is 1.14. The van der Waals surface area contributed by atoms with E-state index in [0.29, 0.717) is 12.0 Å². The number of hydrogen-bond donors (Lipinski definition) is 1. The van der Waals surface area contributed by atoms with E-state index in [1.165, 1.54) is 29.7 Å². The molecule has 1 fully saturated rings. The van der Waals surface area contributed by atoms with Crippen molar-refractivity contribution >= 4 is 33.2 Å². The fourth-order valence-corrected chi connectivity index (χ4v) is 3.53. The molecule has 3 heteroatoms. The lowest BCUT2D eigenvalue weighted by atomic mass is 9.76. The van der Waals surface area contributed by atoms with Gasteiger partial charge in [-0.25, -0.2) is 0 Å². The van der Waals surface area contributed by atoms with Crippen LogP contribution in [0, 0.1) is 6.92 Å². The maximum atomic E-state index is 6.05. The van der Waals surface area contributed by atoms with Crippen molar-refractivity contribution in [2.75, 3.05) is 5.32 Å². The van der Waals surface area contributed by atoms with Gasteiger partial charge < -0.3 is 5.32 Å². The van der Waals surface area contributed by atoms with Gasteiger partial charge in [0, 0.05) is 21.2 Å². The van der Waals surface area contributed by atoms with Gasteiger partial charge in [-0.15, -0.1) is 0 Å². The number of halogens is 2. The molecule has 0 aromatic heterocycles. The zero-order valence-electron chi connectivity index (χ0n) is 11.4. The highest BCUT2D eigenvalue weighted by molar-refractivity contribution is 9.10. The SMILES string of the molecule is Cc1ccc(NC2CC(c3cccc(Cl)c3)C2)c(Br)c1. The van der Waals surface area contributed by atoms with Crippen LogP contribution in [-0.4, -0.2) is 6.04 Å². The van der Waals surface area contributed by atoms with Gasteiger partial charge in [0.15, 0.2) is 0 Å². The molecule has 0 heterocycles. The summed E-state index contributed by atoms with van der Waals surface area (Å²) in [6.07, 6.45) is 2.33. The maximum Gasteiger partial charge on any atom is 0.0486 e. The Morgan fingerprint density at radius 3 is 2.65 bits per heavy atom. The van der Waals surface area contributed by atoms with Crippen molar-refractivity contribution in [2.24, 2.45) is 0 Å². The molecule has 1 aliphatic rings. The second kappa shape index (κ2) is 5.79. The van der Waals surface area contributed by atoms with Crippen LogP contribution in [0.5, 0.6) is 0 Å². The molecule has 0 atom stereocenters. The normalized spacial score (nSPS) is 21.4. The lowest BCUT2D eigenvalue weighted by molar-refractivity contribution is 0.374. The Balaban J connectivity index is 1.61. The molecule has 0 saturated heterocycles. The minimum atomic E-state index is 0.554. The first-order chi connectivity index (χ1) is 9.61. The molecular weight excluding hydrogens is 334 g/mol. The Labute approximate surface area is 133 Å². The Bertz CT molecular complexity index is 620. The number of anilines is 1. The van der Waals surface area contributed by atoms with E-state index < -0.39 is 0 Å². The Morgan fingerprint density at radius 2 is 1.95 bits per heavy atom. The number of benzene rings is 2. The van der Waals surface area contributed by atoms with Gasteiger partial charge in [0.1, 0.15) is 0 Å². The molecule has 1 nitrogen and oxygen atoms in total. The predicted octanol–water partition coefficient (Wildman–Crippen LogP) is 5.77. The molecule has 20 heavy (non-hydrogen) atoms. The van der Waals surface area contributed by atoms with Crippen LogP contribution in [0.1, 0.15) is 29.9 Å². The van der Waals surface area contributed by atoms with Crippen molar-refractivity contribution < 1.29 is 0 Å². The van der Waals surface area contributed by atoms with Crippen LogP contribution in [0.3, 0.4) is 0 Å². The van der Waals surface area contributed by atoms with Gasteiger partial charge in [-0.05, 0) is 77.0 Å². The molecule has 2 aromatic rings. The average molecular weight is 351 g/mol. The minimum absolute atomic E-state index is 0.554. The van der Waals surface area contributed by atoms with Crippen LogP contribution in [0.4, 0.5) is 5.69 Å². The zero-order chi connectivity index (χ0) is 14.1. The Hall–Kier alpha value is -0.990. The summed E-state index contributed by atoms with van der Waals surface area (Å²) in [4.78, 5) is 0. The second-order valence-electron chi connectivity index (χ2n) is 5.55. The van der Waals surface area contributed by atoms with Crippen molar-refractivity contribution in [2.45, 2.75) is 31.7 Å². The summed E-state index contributed by atoms with van der Waals surface area (Å²) in [5, 5.41) is 4.44. The van der Waals surface area contributed by atoms with E-state index in [9.17, 15) is 0 Å². The van der Waals surface area contributed by atoms with Crippen LogP contribution < -0.4 is 5.32 Å². The highest BCUT2D eigenvalue weighted by Gasteiger charge is 2.30. The van der Waals surface area contributed by atoms with Crippen LogP contribution in [-0.2, 0) is 0 Å². The molecule has 0 bridgehead atoms. The van der Waals surface area contributed by atoms with E-state index in [2.05, 4.69) is 58.5 Å². The van der Waals surface area contributed by atoms with Crippen molar-refractivity contribution in [1.82, 2.24) is 0 Å². The monoisotopic (exact) mass is 349 g/mol. The molecule has 0 spiro atoms. The summed E-state index contributed by atoms with van der Waals surface area (Å²) >= 11 is 9.67. The summed E-state index contributed by atoms with van der Waals surface area (Å²) in [5.74, 6) is 0.635. The molecule has 1 N–H and O–H groups in total. The van der Waals surface area contributed by atoms with Crippen molar-refractivity contribution in [3.05, 3.63) is 63.1 Å². The number of rotatable bonds is 3. The van der Waals surface area contributed by atoms with E-state index in [1.807, 2.05) is 12.1 Å². The first-order valence-corrected chi connectivity index (χ1v) is 8.07. The number of hydrogen-bond acceptors (Lipinski definition) is 1. The van der Waals surface area contributed by atoms with E-state index >= 15 is 0 Å². The molecule has 0 unspecified atom stereocenters. The topological polar surface area (TPSA) is 12.0 Å². The van der Waals surface area contributed by atoms with E-state index in [0.717, 1.165) is 9.50 Å². The molecule has 1 saturated carbocycles. The number of aryl methyl sites for hydroxylation is 1. The fraction of sp³-hybridized carbons (Fsp3) is 0.294. The highest BCUT2D eigenvalue weighted by Crippen LogP contribution is 2.40. The van der Waals surface area contributed by atoms with Crippen LogP contribution in [0.25, 0.3) is 0 Å². The first-order valence-electron chi connectivity index (χ1n) is 6.90. The van der Waals surface area contributed by atoms with Crippen LogP contribution in [0.2, 0.25) is 5.02 Å². The van der Waals surface area contributed by atoms with Gasteiger partial charge in [-0.1, -0.05) is 29.8 Å². The lowest BCUT2D eigenvalue weighted by Crippen LogP contribution is -2.34. The van der Waals surface area contributed by atoms with Gasteiger partial charge in [0.2, 0.25) is 0 Å². The minimum Gasteiger partial charge on any atom is -0.381 e. The average Bonchev–Trinajstić information content (AvgIpc) is 2.35. The maximum absolute atomic E-state index is 6.05. The smallest absolute Gasteiger partial charge is 0.0486 e. The van der Waals surface area contributed by atoms with Crippen molar-refractivity contribution in [1.29, 1.82) is 0 Å². The summed E-state index contributed by atoms with van der Waals surface area (Å²) in [7, 11) is 0. The molecule has 1 aliphatic carbocycles. The molecular formula is C17H17BrClN. The first kappa shape index (κ1) is 14.0. The molecule has 3 rings (SSSR count). The van der Waals surface area contributed by atoms with Gasteiger partial charge in [0.25, 0.3) is 0 Å². The van der Waals surface area contributed by atoms with Gasteiger partial charge in [-0.2, -0.15) is 0 Å². The summed E-state index contributed by atoms with van der Waals surface area (Å²) in [5.41, 5.74) is 3.82. The van der Waals surface area contributed by atoms with Crippen LogP contribution in [0.15, 0.2) is 46.9 Å². The Morgan fingerprint density at radius 1 is 1.15 bits per heavy atom. The second-order valence-corrected chi connectivity index (χ2v) is 6.84. The predicted molar refractivity (Wildman–Crippen MR) is 89.7 cm³/mol. The quantitative estimate of drug-likeness (QED) is 0.741. The van der Waals surface area contributed by atoms with Gasteiger partial charge in [-0.3, -0.25) is 0 Å². The van der Waals surface area contributed by atoms with E-state index in [4.69, 9.17) is 11.6 Å². The third-order valence-electron chi connectivity index (χ3n) is 3.94. The fourth-order valence-electron chi connectivity index (χ4n) is 2.73. The van der Waals surface area contributed by atoms with Crippen molar-refractivity contribution in [3.8, 4) is 0 Å². The standard InChI is InChI=1S/C17H17BrClN/c1-11-5-6-17(16(18)7-11)20-15-9-13(10-15)12-3-2-4-14(19)8-12/h2-8,13,15,20H,9-10H2,1H3. The summed E-state index contributed by atoms with van der Waals surface area (Å²) in [6, 6.07) is 15.2. The molecule has 0 amide bonds. The molecule has 0 radical (unpaired) electrons. The lowest BCUT2D eigenvalue weighted by Gasteiger charge is -2.37. The van der Waals surface area contributed by atoms with E-state index in [1.54, 1.807) is 0 Å². The molecule has 104 valence electrons. The zero-order valence-corrected chi connectivity index (χ0v) is 13.7. The summed E-state index contributed by atoms with van der Waals surface area (Å²) in [6.45, 7) is 2.10. The molecule has 0 aliphatic heterocycles. The number of nitrogens with one attached hydrogen (secondary N) is 1. The third kappa shape index (κ3) is 3.02. The van der Waals surface area contributed by atoms with Gasteiger partial charge in [0.05, 0.1) is 0 Å². The Kier molecular flexibility index (Phi) is 4.04. The molecule has 2 aromatic carbocycles. The highest BCUT2D eigenvalue weighted by atomic mass is 79.9. The van der Waals surface area contributed by atoms with Crippen LogP contribution >= 0.6 is 27.5 Å². The largest absolute Gasteiger partial charge is 0.381 e. The van der Waals surface area contributed by atoms with Crippen molar-refractivity contribution in [3.63, 3.8) is 0 Å². The van der Waals surface area contributed by atoms with E-state index in [-0.39, 0.29) is 0 Å². The van der Waals surface area contributed by atoms with Gasteiger partial charge >= 0.3 is 0 Å².